The van der Waals surface area contributed by atoms with Gasteiger partial charge in [0.25, 0.3) is 5.56 Å². The van der Waals surface area contributed by atoms with Crippen molar-refractivity contribution in [2.45, 2.75) is 0 Å². The van der Waals surface area contributed by atoms with Crippen LogP contribution in [0.5, 0.6) is 5.75 Å². The van der Waals surface area contributed by atoms with Crippen LogP contribution in [0.25, 0.3) is 0 Å². The summed E-state index contributed by atoms with van der Waals surface area (Å²) in [5.41, 5.74) is 0.872. The van der Waals surface area contributed by atoms with E-state index < -0.39 is 5.56 Å². The number of hydrogen-bond acceptors (Lipinski definition) is 5. The maximum Gasteiger partial charge on any atom is 0.253 e. The third-order valence-electron chi connectivity index (χ3n) is 3.83. The van der Waals surface area contributed by atoms with Crippen LogP contribution >= 0.6 is 0 Å². The number of pyridine rings is 1. The summed E-state index contributed by atoms with van der Waals surface area (Å²) in [7, 11) is 0. The Morgan fingerprint density at radius 2 is 1.73 bits per heavy atom. The molecule has 3 rings (SSSR count). The van der Waals surface area contributed by atoms with E-state index in [9.17, 15) is 15.2 Å². The average molecular weight is 296 g/mol. The first-order valence-electron chi connectivity index (χ1n) is 7.10. The maximum atomic E-state index is 11.5. The lowest BCUT2D eigenvalue weighted by Gasteiger charge is -2.37. The fourth-order valence-electron chi connectivity index (χ4n) is 2.71. The third-order valence-corrected chi connectivity index (χ3v) is 3.83. The average Bonchev–Trinajstić information content (AvgIpc) is 2.55. The van der Waals surface area contributed by atoms with Gasteiger partial charge in [-0.1, -0.05) is 18.2 Å². The van der Waals surface area contributed by atoms with E-state index in [1.54, 1.807) is 0 Å². The number of aromatic amines is 1. The molecule has 0 bridgehead atoms. The molecule has 22 heavy (non-hydrogen) atoms. The molecular weight excluding hydrogens is 280 g/mol. The maximum absolute atomic E-state index is 11.5. The normalized spacial score (nSPS) is 14.7. The number of piperazine rings is 1. The highest BCUT2D eigenvalue weighted by Gasteiger charge is 2.22. The highest BCUT2D eigenvalue weighted by atomic mass is 16.3. The Balaban J connectivity index is 1.80. The molecule has 1 aliphatic heterocycles. The number of hydrogen-bond donors (Lipinski definition) is 2. The standard InChI is InChI=1S/C16H16N4O2/c17-11-13-14(21)10-15(22)18-16(13)20-8-6-19(7-9-20)12-4-2-1-3-5-12/h1-5,10H,6-9H2,(H2,18,21,22). The van der Waals surface area contributed by atoms with Gasteiger partial charge >= 0.3 is 0 Å². The van der Waals surface area contributed by atoms with Crippen molar-refractivity contribution in [2.24, 2.45) is 0 Å². The lowest BCUT2D eigenvalue weighted by molar-refractivity contribution is 0.471. The van der Waals surface area contributed by atoms with E-state index in [0.717, 1.165) is 24.8 Å². The molecule has 6 heteroatoms. The minimum atomic E-state index is -0.406. The Morgan fingerprint density at radius 1 is 1.09 bits per heavy atom. The summed E-state index contributed by atoms with van der Waals surface area (Å²) in [6.45, 7) is 2.91. The van der Waals surface area contributed by atoms with Gasteiger partial charge in [-0.15, -0.1) is 0 Å². The largest absolute Gasteiger partial charge is 0.506 e. The van der Waals surface area contributed by atoms with Crippen molar-refractivity contribution in [1.29, 1.82) is 5.26 Å². The first-order valence-corrected chi connectivity index (χ1v) is 7.10. The van der Waals surface area contributed by atoms with Crippen LogP contribution in [0.2, 0.25) is 0 Å². The third kappa shape index (κ3) is 2.61. The number of nitrogens with one attached hydrogen (secondary N) is 1. The quantitative estimate of drug-likeness (QED) is 0.872. The molecule has 0 spiro atoms. The van der Waals surface area contributed by atoms with Crippen molar-refractivity contribution in [2.75, 3.05) is 36.0 Å². The number of aromatic hydroxyl groups is 1. The second-order valence-corrected chi connectivity index (χ2v) is 5.16. The summed E-state index contributed by atoms with van der Waals surface area (Å²) in [4.78, 5) is 18.4. The molecule has 1 aromatic heterocycles. The molecule has 0 amide bonds. The Labute approximate surface area is 127 Å². The van der Waals surface area contributed by atoms with E-state index in [1.165, 1.54) is 0 Å². The van der Waals surface area contributed by atoms with Crippen molar-refractivity contribution in [1.82, 2.24) is 4.98 Å². The SMILES string of the molecule is N#Cc1c(O)cc(=O)[nH]c1N1CCN(c2ccccc2)CC1. The molecule has 0 unspecified atom stereocenters. The lowest BCUT2D eigenvalue weighted by Crippen LogP contribution is -2.47. The number of benzene rings is 1. The van der Waals surface area contributed by atoms with Gasteiger partial charge in [0, 0.05) is 37.9 Å². The molecule has 0 aliphatic carbocycles. The number of nitrogens with zero attached hydrogens (tertiary/aromatic N) is 3. The van der Waals surface area contributed by atoms with Crippen molar-refractivity contribution in [3.05, 3.63) is 52.3 Å². The van der Waals surface area contributed by atoms with Crippen molar-refractivity contribution >= 4 is 11.5 Å². The fraction of sp³-hybridized carbons (Fsp3) is 0.250. The van der Waals surface area contributed by atoms with Gasteiger partial charge in [-0.3, -0.25) is 4.79 Å². The molecule has 1 saturated heterocycles. The van der Waals surface area contributed by atoms with Gasteiger partial charge in [-0.05, 0) is 12.1 Å². The Bertz CT molecular complexity index is 756. The zero-order valence-electron chi connectivity index (χ0n) is 12.0. The second kappa shape index (κ2) is 5.82. The van der Waals surface area contributed by atoms with Crippen LogP contribution in [0.4, 0.5) is 11.5 Å². The molecule has 0 saturated carbocycles. The second-order valence-electron chi connectivity index (χ2n) is 5.16. The van der Waals surface area contributed by atoms with Gasteiger partial charge in [-0.2, -0.15) is 5.26 Å². The molecule has 0 radical (unpaired) electrons. The molecule has 1 fully saturated rings. The van der Waals surface area contributed by atoms with Gasteiger partial charge in [0.15, 0.2) is 0 Å². The van der Waals surface area contributed by atoms with Crippen LogP contribution in [0.1, 0.15) is 5.56 Å². The van der Waals surface area contributed by atoms with Crippen molar-refractivity contribution in [3.8, 4) is 11.8 Å². The number of para-hydroxylation sites is 1. The van der Waals surface area contributed by atoms with Gasteiger partial charge < -0.3 is 19.9 Å². The highest BCUT2D eigenvalue weighted by Crippen LogP contribution is 2.25. The Morgan fingerprint density at radius 3 is 2.36 bits per heavy atom. The molecular formula is C16H16N4O2. The number of aromatic nitrogens is 1. The fourth-order valence-corrected chi connectivity index (χ4v) is 2.71. The molecule has 1 aromatic carbocycles. The van der Waals surface area contributed by atoms with E-state index in [2.05, 4.69) is 22.0 Å². The number of anilines is 2. The Kier molecular flexibility index (Phi) is 3.71. The zero-order chi connectivity index (χ0) is 15.5. The van der Waals surface area contributed by atoms with E-state index in [0.29, 0.717) is 18.9 Å². The lowest BCUT2D eigenvalue weighted by atomic mass is 10.2. The van der Waals surface area contributed by atoms with Gasteiger partial charge in [0.1, 0.15) is 23.2 Å². The summed E-state index contributed by atoms with van der Waals surface area (Å²) in [6, 6.07) is 13.1. The molecule has 112 valence electrons. The van der Waals surface area contributed by atoms with Crippen LogP contribution in [-0.2, 0) is 0 Å². The van der Waals surface area contributed by atoms with Crippen LogP contribution in [0, 0.1) is 11.3 Å². The van der Waals surface area contributed by atoms with Crippen LogP contribution in [0.15, 0.2) is 41.2 Å². The van der Waals surface area contributed by atoms with Crippen LogP contribution in [-0.4, -0.2) is 36.3 Å². The van der Waals surface area contributed by atoms with Crippen LogP contribution < -0.4 is 15.4 Å². The predicted octanol–water partition coefficient (Wildman–Crippen LogP) is 1.28. The minimum Gasteiger partial charge on any atom is -0.506 e. The minimum absolute atomic E-state index is 0.118. The van der Waals surface area contributed by atoms with E-state index >= 15 is 0 Å². The van der Waals surface area contributed by atoms with Crippen molar-refractivity contribution < 1.29 is 5.11 Å². The zero-order valence-corrected chi connectivity index (χ0v) is 12.0. The smallest absolute Gasteiger partial charge is 0.253 e. The molecule has 2 heterocycles. The summed E-state index contributed by atoms with van der Waals surface area (Å²) < 4.78 is 0. The van der Waals surface area contributed by atoms with E-state index in [4.69, 9.17) is 0 Å². The highest BCUT2D eigenvalue weighted by molar-refractivity contribution is 5.61. The first kappa shape index (κ1) is 14.0. The van der Waals surface area contributed by atoms with Gasteiger partial charge in [0.05, 0.1) is 0 Å². The first-order chi connectivity index (χ1) is 10.7. The van der Waals surface area contributed by atoms with Gasteiger partial charge in [0.2, 0.25) is 0 Å². The monoisotopic (exact) mass is 296 g/mol. The summed E-state index contributed by atoms with van der Waals surface area (Å²) in [5, 5.41) is 18.9. The molecule has 0 atom stereocenters. The number of nitriles is 1. The summed E-state index contributed by atoms with van der Waals surface area (Å²) in [5.74, 6) is 0.131. The topological polar surface area (TPSA) is 83.4 Å². The van der Waals surface area contributed by atoms with Gasteiger partial charge in [-0.25, -0.2) is 0 Å². The van der Waals surface area contributed by atoms with E-state index in [-0.39, 0.29) is 11.3 Å². The number of rotatable bonds is 2. The Hall–Kier alpha value is -2.94. The molecule has 2 N–H and O–H groups in total. The molecule has 2 aromatic rings. The number of H-pyrrole nitrogens is 1. The van der Waals surface area contributed by atoms with Crippen molar-refractivity contribution in [3.63, 3.8) is 0 Å². The van der Waals surface area contributed by atoms with E-state index in [1.807, 2.05) is 29.2 Å². The summed E-state index contributed by atoms with van der Waals surface area (Å²) in [6.07, 6.45) is 0. The van der Waals surface area contributed by atoms with Crippen LogP contribution in [0.3, 0.4) is 0 Å². The summed E-state index contributed by atoms with van der Waals surface area (Å²) >= 11 is 0. The molecule has 6 nitrogen and oxygen atoms in total. The molecule has 1 aliphatic rings. The predicted molar refractivity (Wildman–Crippen MR) is 84.3 cm³/mol.